The lowest BCUT2D eigenvalue weighted by atomic mass is 9.81. The van der Waals surface area contributed by atoms with Crippen LogP contribution in [0, 0.1) is 11.8 Å². The SMILES string of the molecule is CC(C)(C)OC(=O)NCC1CCC(C(=O)N[C@@H](Cc2ccccc2)C(=O)Nc2ccc(CC(=O)OCc3ccccc3)cc2)CC1. The predicted molar refractivity (Wildman–Crippen MR) is 177 cm³/mol. The summed E-state index contributed by atoms with van der Waals surface area (Å²) in [6.45, 7) is 6.20. The first-order valence-electron chi connectivity index (χ1n) is 15.9. The average Bonchev–Trinajstić information content (AvgIpc) is 3.04. The summed E-state index contributed by atoms with van der Waals surface area (Å²) >= 11 is 0. The molecule has 0 radical (unpaired) electrons. The van der Waals surface area contributed by atoms with E-state index < -0.39 is 17.7 Å². The monoisotopic (exact) mass is 627 g/mol. The molecule has 46 heavy (non-hydrogen) atoms. The van der Waals surface area contributed by atoms with Gasteiger partial charge in [-0.3, -0.25) is 14.4 Å². The zero-order valence-electron chi connectivity index (χ0n) is 26.9. The molecule has 1 atom stereocenters. The Morgan fingerprint density at radius 2 is 1.39 bits per heavy atom. The number of anilines is 1. The van der Waals surface area contributed by atoms with Gasteiger partial charge in [0.05, 0.1) is 6.42 Å². The molecule has 1 aliphatic rings. The highest BCUT2D eigenvalue weighted by molar-refractivity contribution is 5.97. The lowest BCUT2D eigenvalue weighted by Crippen LogP contribution is -2.48. The van der Waals surface area contributed by atoms with E-state index in [1.165, 1.54) is 0 Å². The molecule has 0 saturated heterocycles. The molecule has 3 aromatic rings. The first-order valence-corrected chi connectivity index (χ1v) is 15.9. The topological polar surface area (TPSA) is 123 Å². The Hall–Kier alpha value is -4.66. The molecular weight excluding hydrogens is 582 g/mol. The van der Waals surface area contributed by atoms with Crippen LogP contribution in [0.15, 0.2) is 84.9 Å². The van der Waals surface area contributed by atoms with Crippen molar-refractivity contribution >= 4 is 29.6 Å². The maximum absolute atomic E-state index is 13.5. The van der Waals surface area contributed by atoms with Crippen LogP contribution in [0.3, 0.4) is 0 Å². The molecule has 0 bridgehead atoms. The van der Waals surface area contributed by atoms with Gasteiger partial charge < -0.3 is 25.4 Å². The number of hydrogen-bond donors (Lipinski definition) is 3. The summed E-state index contributed by atoms with van der Waals surface area (Å²) in [6.07, 6.45) is 3.00. The third kappa shape index (κ3) is 11.7. The van der Waals surface area contributed by atoms with Gasteiger partial charge in [0.1, 0.15) is 18.2 Å². The van der Waals surface area contributed by atoms with E-state index in [0.29, 0.717) is 31.5 Å². The van der Waals surface area contributed by atoms with Crippen molar-refractivity contribution in [1.82, 2.24) is 10.6 Å². The molecule has 1 saturated carbocycles. The number of hydrogen-bond acceptors (Lipinski definition) is 6. The first kappa shape index (κ1) is 34.2. The molecule has 9 heteroatoms. The second-order valence-corrected chi connectivity index (χ2v) is 12.9. The zero-order valence-corrected chi connectivity index (χ0v) is 26.9. The number of carbonyl (C=O) groups excluding carboxylic acids is 4. The molecule has 0 heterocycles. The minimum absolute atomic E-state index is 0.118. The van der Waals surface area contributed by atoms with Crippen molar-refractivity contribution in [3.63, 3.8) is 0 Å². The number of benzene rings is 3. The molecule has 1 aliphatic carbocycles. The van der Waals surface area contributed by atoms with Crippen molar-refractivity contribution in [2.45, 2.75) is 77.5 Å². The van der Waals surface area contributed by atoms with Gasteiger partial charge in [-0.2, -0.15) is 0 Å². The van der Waals surface area contributed by atoms with Gasteiger partial charge in [0.25, 0.3) is 0 Å². The number of esters is 1. The fraction of sp³-hybridized carbons (Fsp3) is 0.405. The quantitative estimate of drug-likeness (QED) is 0.213. The van der Waals surface area contributed by atoms with Crippen LogP contribution in [-0.4, -0.2) is 42.1 Å². The van der Waals surface area contributed by atoms with Crippen LogP contribution in [0.5, 0.6) is 0 Å². The number of alkyl carbamates (subject to hydrolysis) is 1. The molecule has 3 N–H and O–H groups in total. The Labute approximate surface area is 271 Å². The smallest absolute Gasteiger partial charge is 0.407 e. The van der Waals surface area contributed by atoms with Crippen LogP contribution in [-0.2, 0) is 43.3 Å². The van der Waals surface area contributed by atoms with Gasteiger partial charge in [-0.1, -0.05) is 72.8 Å². The van der Waals surface area contributed by atoms with Crippen LogP contribution in [0.2, 0.25) is 0 Å². The molecule has 244 valence electrons. The Kier molecular flexibility index (Phi) is 12.3. The molecule has 3 aromatic carbocycles. The molecule has 0 unspecified atom stereocenters. The molecule has 0 spiro atoms. The molecule has 9 nitrogen and oxygen atoms in total. The molecule has 1 fully saturated rings. The maximum Gasteiger partial charge on any atom is 0.407 e. The third-order valence-corrected chi connectivity index (χ3v) is 7.88. The predicted octanol–water partition coefficient (Wildman–Crippen LogP) is 5.97. The van der Waals surface area contributed by atoms with E-state index in [-0.39, 0.29) is 42.6 Å². The molecule has 4 rings (SSSR count). The lowest BCUT2D eigenvalue weighted by Gasteiger charge is -2.29. The van der Waals surface area contributed by atoms with Crippen molar-refractivity contribution in [2.75, 3.05) is 11.9 Å². The maximum atomic E-state index is 13.5. The lowest BCUT2D eigenvalue weighted by molar-refractivity contribution is -0.144. The number of nitrogens with one attached hydrogen (secondary N) is 3. The van der Waals surface area contributed by atoms with Crippen molar-refractivity contribution < 1.29 is 28.7 Å². The van der Waals surface area contributed by atoms with E-state index in [1.807, 2.05) is 81.4 Å². The van der Waals surface area contributed by atoms with Gasteiger partial charge in [0.15, 0.2) is 0 Å². The normalized spacial score (nSPS) is 16.8. The summed E-state index contributed by atoms with van der Waals surface area (Å²) in [5, 5.41) is 8.77. The van der Waals surface area contributed by atoms with E-state index >= 15 is 0 Å². The van der Waals surface area contributed by atoms with Gasteiger partial charge in [0.2, 0.25) is 11.8 Å². The van der Waals surface area contributed by atoms with E-state index in [4.69, 9.17) is 9.47 Å². The Morgan fingerprint density at radius 3 is 2.00 bits per heavy atom. The average molecular weight is 628 g/mol. The summed E-state index contributed by atoms with van der Waals surface area (Å²) in [5.41, 5.74) is 2.64. The van der Waals surface area contributed by atoms with Gasteiger partial charge in [-0.15, -0.1) is 0 Å². The van der Waals surface area contributed by atoms with Crippen molar-refractivity contribution in [3.8, 4) is 0 Å². The van der Waals surface area contributed by atoms with Gasteiger partial charge in [0, 0.05) is 24.6 Å². The summed E-state index contributed by atoms with van der Waals surface area (Å²) < 4.78 is 10.7. The minimum atomic E-state index is -0.769. The highest BCUT2D eigenvalue weighted by Crippen LogP contribution is 2.29. The third-order valence-electron chi connectivity index (χ3n) is 7.88. The molecule has 0 aromatic heterocycles. The fourth-order valence-corrected chi connectivity index (χ4v) is 5.41. The summed E-state index contributed by atoms with van der Waals surface area (Å²) in [7, 11) is 0. The van der Waals surface area contributed by atoms with Crippen LogP contribution in [0.4, 0.5) is 10.5 Å². The van der Waals surface area contributed by atoms with E-state index in [0.717, 1.165) is 29.5 Å². The summed E-state index contributed by atoms with van der Waals surface area (Å²) in [5.74, 6) is -0.723. The van der Waals surface area contributed by atoms with Crippen LogP contribution in [0.1, 0.15) is 63.1 Å². The van der Waals surface area contributed by atoms with Crippen LogP contribution in [0.25, 0.3) is 0 Å². The molecular formula is C37H45N3O6. The highest BCUT2D eigenvalue weighted by atomic mass is 16.6. The standard InChI is InChI=1S/C37H45N3O6/c1-37(2,3)46-36(44)38-24-28-14-18-30(19-15-28)34(42)40-32(22-26-10-6-4-7-11-26)35(43)39-31-20-16-27(17-21-31)23-33(41)45-25-29-12-8-5-9-13-29/h4-13,16-17,20-21,28,30,32H,14-15,18-19,22-25H2,1-3H3,(H,38,44)(H,39,43)(H,40,42)/t28?,30?,32-/m0/s1. The van der Waals surface area contributed by atoms with Gasteiger partial charge >= 0.3 is 12.1 Å². The van der Waals surface area contributed by atoms with Crippen molar-refractivity contribution in [3.05, 3.63) is 102 Å². The van der Waals surface area contributed by atoms with Crippen LogP contribution < -0.4 is 16.0 Å². The van der Waals surface area contributed by atoms with Gasteiger partial charge in [-0.25, -0.2) is 4.79 Å². The minimum Gasteiger partial charge on any atom is -0.461 e. The highest BCUT2D eigenvalue weighted by Gasteiger charge is 2.30. The number of amides is 3. The first-order chi connectivity index (χ1) is 22.0. The van der Waals surface area contributed by atoms with E-state index in [2.05, 4.69) is 16.0 Å². The Bertz CT molecular complexity index is 1430. The van der Waals surface area contributed by atoms with E-state index in [9.17, 15) is 19.2 Å². The molecule has 0 aliphatic heterocycles. The van der Waals surface area contributed by atoms with Gasteiger partial charge in [-0.05, 0) is 81.2 Å². The second kappa shape index (κ2) is 16.6. The largest absolute Gasteiger partial charge is 0.461 e. The van der Waals surface area contributed by atoms with Crippen LogP contribution >= 0.6 is 0 Å². The number of carbonyl (C=O) groups is 4. The Morgan fingerprint density at radius 1 is 0.783 bits per heavy atom. The van der Waals surface area contributed by atoms with E-state index in [1.54, 1.807) is 24.3 Å². The zero-order chi connectivity index (χ0) is 32.9. The summed E-state index contributed by atoms with van der Waals surface area (Å²) in [6, 6.07) is 25.4. The second-order valence-electron chi connectivity index (χ2n) is 12.9. The fourth-order valence-electron chi connectivity index (χ4n) is 5.41. The Balaban J connectivity index is 1.28. The molecule has 3 amide bonds. The van der Waals surface area contributed by atoms with Crippen molar-refractivity contribution in [1.29, 1.82) is 0 Å². The van der Waals surface area contributed by atoms with Crippen molar-refractivity contribution in [2.24, 2.45) is 11.8 Å². The summed E-state index contributed by atoms with van der Waals surface area (Å²) in [4.78, 5) is 51.1. The number of rotatable bonds is 12. The number of ether oxygens (including phenoxy) is 2.